The standard InChI is InChI=1S/C8H6N4/c9-4-6(5-10)8(11)7-2-1-3-12-7/h1-3,12H,11H2. The molecule has 0 aliphatic rings. The second kappa shape index (κ2) is 3.27. The molecule has 3 N–H and O–H groups in total. The van der Waals surface area contributed by atoms with Gasteiger partial charge in [0.15, 0.2) is 5.57 Å². The van der Waals surface area contributed by atoms with Crippen molar-refractivity contribution < 1.29 is 0 Å². The van der Waals surface area contributed by atoms with Crippen molar-refractivity contribution in [2.75, 3.05) is 0 Å². The van der Waals surface area contributed by atoms with Crippen molar-refractivity contribution >= 4 is 5.70 Å². The van der Waals surface area contributed by atoms with E-state index in [0.29, 0.717) is 5.69 Å². The third kappa shape index (κ3) is 1.28. The van der Waals surface area contributed by atoms with Gasteiger partial charge in [0.1, 0.15) is 12.1 Å². The summed E-state index contributed by atoms with van der Waals surface area (Å²) in [6.07, 6.45) is 1.68. The first-order valence-corrected chi connectivity index (χ1v) is 3.23. The van der Waals surface area contributed by atoms with Crippen LogP contribution in [0.3, 0.4) is 0 Å². The molecule has 0 unspecified atom stereocenters. The van der Waals surface area contributed by atoms with E-state index in [0.717, 1.165) is 0 Å². The summed E-state index contributed by atoms with van der Waals surface area (Å²) in [5, 5.41) is 16.9. The van der Waals surface area contributed by atoms with Crippen molar-refractivity contribution in [3.63, 3.8) is 0 Å². The molecule has 0 atom stereocenters. The lowest BCUT2D eigenvalue weighted by Gasteiger charge is -1.94. The number of H-pyrrole nitrogens is 1. The third-order valence-electron chi connectivity index (χ3n) is 1.38. The topological polar surface area (TPSA) is 89.4 Å². The first kappa shape index (κ1) is 7.90. The summed E-state index contributed by atoms with van der Waals surface area (Å²) in [5.41, 5.74) is 6.21. The molecule has 4 heteroatoms. The molecular weight excluding hydrogens is 152 g/mol. The van der Waals surface area contributed by atoms with Gasteiger partial charge in [-0.2, -0.15) is 10.5 Å². The lowest BCUT2D eigenvalue weighted by Crippen LogP contribution is -1.99. The summed E-state index contributed by atoms with van der Waals surface area (Å²) < 4.78 is 0. The number of nitrogens with two attached hydrogens (primary N) is 1. The average molecular weight is 158 g/mol. The Morgan fingerprint density at radius 2 is 2.08 bits per heavy atom. The molecule has 0 radical (unpaired) electrons. The van der Waals surface area contributed by atoms with E-state index in [9.17, 15) is 0 Å². The highest BCUT2D eigenvalue weighted by Gasteiger charge is 2.03. The molecule has 0 saturated heterocycles. The largest absolute Gasteiger partial charge is 0.395 e. The van der Waals surface area contributed by atoms with Crippen molar-refractivity contribution in [1.29, 1.82) is 10.5 Å². The Hall–Kier alpha value is -2.20. The van der Waals surface area contributed by atoms with Crippen molar-refractivity contribution in [1.82, 2.24) is 4.98 Å². The van der Waals surface area contributed by atoms with Gasteiger partial charge in [-0.3, -0.25) is 0 Å². The van der Waals surface area contributed by atoms with Gasteiger partial charge in [-0.1, -0.05) is 0 Å². The molecule has 0 aliphatic heterocycles. The highest BCUT2D eigenvalue weighted by Crippen LogP contribution is 2.09. The molecule has 0 fully saturated rings. The molecular formula is C8H6N4. The van der Waals surface area contributed by atoms with Crippen molar-refractivity contribution in [2.45, 2.75) is 0 Å². The third-order valence-corrected chi connectivity index (χ3v) is 1.38. The van der Waals surface area contributed by atoms with Crippen LogP contribution in [-0.4, -0.2) is 4.98 Å². The van der Waals surface area contributed by atoms with Gasteiger partial charge in [0, 0.05) is 6.20 Å². The van der Waals surface area contributed by atoms with Gasteiger partial charge in [0.2, 0.25) is 0 Å². The predicted molar refractivity (Wildman–Crippen MR) is 43.1 cm³/mol. The van der Waals surface area contributed by atoms with Crippen LogP contribution in [-0.2, 0) is 0 Å². The molecule has 0 aromatic carbocycles. The molecule has 0 amide bonds. The van der Waals surface area contributed by atoms with Crippen molar-refractivity contribution in [3.05, 3.63) is 29.6 Å². The van der Waals surface area contributed by atoms with Crippen LogP contribution in [0.2, 0.25) is 0 Å². The summed E-state index contributed by atoms with van der Waals surface area (Å²) in [6, 6.07) is 6.87. The lowest BCUT2D eigenvalue weighted by atomic mass is 10.2. The maximum Gasteiger partial charge on any atom is 0.154 e. The zero-order valence-electron chi connectivity index (χ0n) is 6.20. The minimum absolute atomic E-state index is 0.0718. The monoisotopic (exact) mass is 158 g/mol. The Bertz CT molecular complexity index is 356. The number of hydrogen-bond acceptors (Lipinski definition) is 3. The average Bonchev–Trinajstić information content (AvgIpc) is 2.58. The fourth-order valence-corrected chi connectivity index (χ4v) is 0.778. The minimum atomic E-state index is -0.0718. The zero-order valence-corrected chi connectivity index (χ0v) is 6.20. The van der Waals surface area contributed by atoms with Gasteiger partial charge in [-0.25, -0.2) is 0 Å². The number of aromatic nitrogens is 1. The maximum atomic E-state index is 8.47. The smallest absolute Gasteiger partial charge is 0.154 e. The maximum absolute atomic E-state index is 8.47. The molecule has 4 nitrogen and oxygen atoms in total. The van der Waals surface area contributed by atoms with E-state index < -0.39 is 0 Å². The SMILES string of the molecule is N#CC(C#N)=C(N)c1ccc[nH]1. The van der Waals surface area contributed by atoms with Gasteiger partial charge in [-0.05, 0) is 12.1 Å². The molecule has 0 spiro atoms. The number of allylic oxidation sites excluding steroid dienone is 1. The van der Waals surface area contributed by atoms with E-state index in [1.54, 1.807) is 30.5 Å². The van der Waals surface area contributed by atoms with Crippen LogP contribution < -0.4 is 5.73 Å². The lowest BCUT2D eigenvalue weighted by molar-refractivity contribution is 1.31. The number of nitriles is 2. The summed E-state index contributed by atoms with van der Waals surface area (Å²) in [5.74, 6) is 0. The second-order valence-electron chi connectivity index (χ2n) is 2.10. The number of rotatable bonds is 1. The minimum Gasteiger partial charge on any atom is -0.395 e. The molecule has 0 saturated carbocycles. The van der Waals surface area contributed by atoms with E-state index in [1.807, 2.05) is 0 Å². The summed E-state index contributed by atoms with van der Waals surface area (Å²) >= 11 is 0. The normalized spacial score (nSPS) is 8.17. The number of nitrogens with zero attached hydrogens (tertiary/aromatic N) is 2. The van der Waals surface area contributed by atoms with Crippen LogP contribution in [0.5, 0.6) is 0 Å². The zero-order chi connectivity index (χ0) is 8.97. The van der Waals surface area contributed by atoms with Crippen molar-refractivity contribution in [2.24, 2.45) is 5.73 Å². The fourth-order valence-electron chi connectivity index (χ4n) is 0.778. The predicted octanol–water partition coefficient (Wildman–Crippen LogP) is 0.732. The first-order valence-electron chi connectivity index (χ1n) is 3.23. The number of hydrogen-bond donors (Lipinski definition) is 2. The highest BCUT2D eigenvalue weighted by atomic mass is 14.7. The van der Waals surface area contributed by atoms with E-state index in [-0.39, 0.29) is 11.3 Å². The van der Waals surface area contributed by atoms with Gasteiger partial charge in [-0.15, -0.1) is 0 Å². The first-order chi connectivity index (χ1) is 5.79. The van der Waals surface area contributed by atoms with Gasteiger partial charge in [0.05, 0.1) is 11.4 Å². The summed E-state index contributed by atoms with van der Waals surface area (Å²) in [6.45, 7) is 0. The van der Waals surface area contributed by atoms with E-state index in [1.165, 1.54) is 0 Å². The van der Waals surface area contributed by atoms with Crippen LogP contribution in [0, 0.1) is 22.7 Å². The number of aromatic amines is 1. The van der Waals surface area contributed by atoms with E-state index >= 15 is 0 Å². The Morgan fingerprint density at radius 3 is 2.50 bits per heavy atom. The summed E-state index contributed by atoms with van der Waals surface area (Å²) in [4.78, 5) is 2.80. The highest BCUT2D eigenvalue weighted by molar-refractivity contribution is 5.70. The van der Waals surface area contributed by atoms with Gasteiger partial charge >= 0.3 is 0 Å². The molecule has 1 heterocycles. The Labute approximate surface area is 69.5 Å². The molecule has 1 rings (SSSR count). The van der Waals surface area contributed by atoms with Crippen LogP contribution in [0.25, 0.3) is 5.70 Å². The molecule has 1 aromatic heterocycles. The Kier molecular flexibility index (Phi) is 2.15. The van der Waals surface area contributed by atoms with Gasteiger partial charge in [0.25, 0.3) is 0 Å². The summed E-state index contributed by atoms with van der Waals surface area (Å²) in [7, 11) is 0. The Morgan fingerprint density at radius 1 is 1.42 bits per heavy atom. The molecule has 58 valence electrons. The van der Waals surface area contributed by atoms with E-state index in [4.69, 9.17) is 16.3 Å². The molecule has 12 heavy (non-hydrogen) atoms. The van der Waals surface area contributed by atoms with Crippen LogP contribution >= 0.6 is 0 Å². The van der Waals surface area contributed by atoms with Crippen LogP contribution in [0.4, 0.5) is 0 Å². The Balaban J connectivity index is 3.16. The second-order valence-corrected chi connectivity index (χ2v) is 2.10. The van der Waals surface area contributed by atoms with Crippen LogP contribution in [0.15, 0.2) is 23.9 Å². The van der Waals surface area contributed by atoms with Crippen molar-refractivity contribution in [3.8, 4) is 12.1 Å². The van der Waals surface area contributed by atoms with Gasteiger partial charge < -0.3 is 10.7 Å². The quantitative estimate of drug-likeness (QED) is 0.590. The number of nitrogens with one attached hydrogen (secondary N) is 1. The molecule has 1 aromatic rings. The van der Waals surface area contributed by atoms with Crippen LogP contribution in [0.1, 0.15) is 5.69 Å². The molecule has 0 aliphatic carbocycles. The van der Waals surface area contributed by atoms with E-state index in [2.05, 4.69) is 4.98 Å². The fraction of sp³-hybridized carbons (Fsp3) is 0. The molecule has 0 bridgehead atoms.